The highest BCUT2D eigenvalue weighted by molar-refractivity contribution is 5.94. The topological polar surface area (TPSA) is 76.1 Å². The predicted octanol–water partition coefficient (Wildman–Crippen LogP) is 4.50. The van der Waals surface area contributed by atoms with E-state index < -0.39 is 6.61 Å². The van der Waals surface area contributed by atoms with Gasteiger partial charge < -0.3 is 15.0 Å². The Morgan fingerprint density at radius 1 is 1.00 bits per heavy atom. The van der Waals surface area contributed by atoms with Crippen molar-refractivity contribution < 1.29 is 13.5 Å². The number of halogens is 2. The second kappa shape index (κ2) is 8.24. The van der Waals surface area contributed by atoms with Crippen molar-refractivity contribution in [2.45, 2.75) is 6.61 Å². The number of alkyl halides is 2. The Bertz CT molecular complexity index is 1170. The Morgan fingerprint density at radius 2 is 1.87 bits per heavy atom. The van der Waals surface area contributed by atoms with Crippen LogP contribution in [0.2, 0.25) is 0 Å². The van der Waals surface area contributed by atoms with E-state index in [0.29, 0.717) is 22.9 Å². The van der Waals surface area contributed by atoms with Crippen molar-refractivity contribution in [1.82, 2.24) is 20.2 Å². The standard InChI is InChI=1S/C21H18F2N6O/c1-29(2)15-6-7-18-17(11-15)20(28-19(27-18)13-8-9-24-25-12-13)26-14-4-3-5-16(10-14)30-21(22)23/h3-12,21H,1-2H3,(H,26,27,28). The van der Waals surface area contributed by atoms with Crippen LogP contribution in [0, 0.1) is 0 Å². The molecule has 30 heavy (non-hydrogen) atoms. The molecule has 0 radical (unpaired) electrons. The quantitative estimate of drug-likeness (QED) is 0.503. The van der Waals surface area contributed by atoms with Gasteiger partial charge in [0, 0.05) is 42.5 Å². The molecule has 0 aliphatic carbocycles. The number of nitrogens with zero attached hydrogens (tertiary/aromatic N) is 5. The van der Waals surface area contributed by atoms with Crippen molar-refractivity contribution in [3.63, 3.8) is 0 Å². The Hall–Kier alpha value is -3.88. The van der Waals surface area contributed by atoms with Crippen LogP contribution in [0.1, 0.15) is 0 Å². The molecule has 4 aromatic rings. The number of hydrogen-bond acceptors (Lipinski definition) is 7. The summed E-state index contributed by atoms with van der Waals surface area (Å²) in [5.41, 5.74) is 2.97. The highest BCUT2D eigenvalue weighted by atomic mass is 19.3. The van der Waals surface area contributed by atoms with Gasteiger partial charge in [0.25, 0.3) is 0 Å². The summed E-state index contributed by atoms with van der Waals surface area (Å²) in [7, 11) is 3.88. The molecule has 0 fully saturated rings. The van der Waals surface area contributed by atoms with Gasteiger partial charge in [0.05, 0.1) is 17.9 Å². The molecule has 9 heteroatoms. The number of aromatic nitrogens is 4. The number of fused-ring (bicyclic) bond motifs is 1. The molecule has 0 saturated heterocycles. The Balaban J connectivity index is 1.82. The highest BCUT2D eigenvalue weighted by Gasteiger charge is 2.12. The van der Waals surface area contributed by atoms with E-state index in [1.807, 2.05) is 37.2 Å². The second-order valence-corrected chi connectivity index (χ2v) is 6.65. The molecular weight excluding hydrogens is 390 g/mol. The average molecular weight is 408 g/mol. The molecular formula is C21H18F2N6O. The maximum absolute atomic E-state index is 12.6. The fraction of sp³-hybridized carbons (Fsp3) is 0.143. The molecule has 1 N–H and O–H groups in total. The van der Waals surface area contributed by atoms with E-state index >= 15 is 0 Å². The van der Waals surface area contributed by atoms with Crippen molar-refractivity contribution in [2.24, 2.45) is 0 Å². The predicted molar refractivity (Wildman–Crippen MR) is 111 cm³/mol. The lowest BCUT2D eigenvalue weighted by Gasteiger charge is -2.16. The smallest absolute Gasteiger partial charge is 0.387 e. The first-order valence-corrected chi connectivity index (χ1v) is 9.08. The summed E-state index contributed by atoms with van der Waals surface area (Å²) in [6, 6.07) is 13.9. The number of anilines is 3. The van der Waals surface area contributed by atoms with Crippen LogP contribution >= 0.6 is 0 Å². The van der Waals surface area contributed by atoms with Gasteiger partial charge in [-0.1, -0.05) is 6.07 Å². The Morgan fingerprint density at radius 3 is 2.60 bits per heavy atom. The van der Waals surface area contributed by atoms with Gasteiger partial charge in [0.15, 0.2) is 5.82 Å². The molecule has 0 unspecified atom stereocenters. The van der Waals surface area contributed by atoms with Gasteiger partial charge in [-0.15, -0.1) is 0 Å². The number of hydrogen-bond donors (Lipinski definition) is 1. The first kappa shape index (κ1) is 19.4. The van der Waals surface area contributed by atoms with Gasteiger partial charge in [-0.2, -0.15) is 19.0 Å². The molecule has 0 bridgehead atoms. The number of ether oxygens (including phenoxy) is 1. The monoisotopic (exact) mass is 408 g/mol. The van der Waals surface area contributed by atoms with E-state index in [-0.39, 0.29) is 5.75 Å². The lowest BCUT2D eigenvalue weighted by molar-refractivity contribution is -0.0498. The first-order valence-electron chi connectivity index (χ1n) is 9.08. The van der Waals surface area contributed by atoms with Gasteiger partial charge in [-0.3, -0.25) is 0 Å². The third-order valence-electron chi connectivity index (χ3n) is 4.36. The van der Waals surface area contributed by atoms with Gasteiger partial charge in [0.2, 0.25) is 0 Å². The van der Waals surface area contributed by atoms with Crippen molar-refractivity contribution >= 4 is 28.1 Å². The summed E-state index contributed by atoms with van der Waals surface area (Å²) in [5, 5.41) is 11.7. The summed E-state index contributed by atoms with van der Waals surface area (Å²) < 4.78 is 29.6. The van der Waals surface area contributed by atoms with Crippen LogP contribution in [-0.2, 0) is 0 Å². The molecule has 0 spiro atoms. The minimum absolute atomic E-state index is 0.0564. The van der Waals surface area contributed by atoms with Gasteiger partial charge in [-0.25, -0.2) is 9.97 Å². The molecule has 4 rings (SSSR count). The van der Waals surface area contributed by atoms with Crippen molar-refractivity contribution in [3.8, 4) is 17.1 Å². The molecule has 2 heterocycles. The maximum Gasteiger partial charge on any atom is 0.387 e. The third-order valence-corrected chi connectivity index (χ3v) is 4.36. The lowest BCUT2D eigenvalue weighted by atomic mass is 10.1. The summed E-state index contributed by atoms with van der Waals surface area (Å²) in [6.45, 7) is -2.89. The average Bonchev–Trinajstić information content (AvgIpc) is 2.73. The summed E-state index contributed by atoms with van der Waals surface area (Å²) >= 11 is 0. The van der Waals surface area contributed by atoms with E-state index in [1.165, 1.54) is 12.1 Å². The number of nitrogens with one attached hydrogen (secondary N) is 1. The van der Waals surface area contributed by atoms with Crippen LogP contribution in [0.25, 0.3) is 22.3 Å². The summed E-state index contributed by atoms with van der Waals surface area (Å²) in [5.74, 6) is 1.06. The summed E-state index contributed by atoms with van der Waals surface area (Å²) in [4.78, 5) is 11.3. The highest BCUT2D eigenvalue weighted by Crippen LogP contribution is 2.31. The Labute approximate surface area is 171 Å². The fourth-order valence-electron chi connectivity index (χ4n) is 2.93. The van der Waals surface area contributed by atoms with Crippen LogP contribution in [0.4, 0.5) is 26.0 Å². The van der Waals surface area contributed by atoms with E-state index in [1.54, 1.807) is 30.6 Å². The maximum atomic E-state index is 12.6. The van der Waals surface area contributed by atoms with Crippen LogP contribution < -0.4 is 15.0 Å². The molecule has 0 atom stereocenters. The van der Waals surface area contributed by atoms with Crippen molar-refractivity contribution in [3.05, 3.63) is 60.9 Å². The van der Waals surface area contributed by atoms with Gasteiger partial charge in [-0.05, 0) is 36.4 Å². The summed E-state index contributed by atoms with van der Waals surface area (Å²) in [6.07, 6.45) is 3.15. The van der Waals surface area contributed by atoms with Crippen LogP contribution in [0.3, 0.4) is 0 Å². The molecule has 7 nitrogen and oxygen atoms in total. The van der Waals surface area contributed by atoms with Gasteiger partial charge >= 0.3 is 6.61 Å². The largest absolute Gasteiger partial charge is 0.435 e. The number of rotatable bonds is 6. The Kier molecular flexibility index (Phi) is 5.34. The van der Waals surface area contributed by atoms with E-state index in [2.05, 4.69) is 30.2 Å². The van der Waals surface area contributed by atoms with E-state index in [9.17, 15) is 8.78 Å². The molecule has 2 aromatic carbocycles. The molecule has 152 valence electrons. The zero-order valence-electron chi connectivity index (χ0n) is 16.3. The molecule has 0 amide bonds. The normalized spacial score (nSPS) is 11.0. The SMILES string of the molecule is CN(C)c1ccc2nc(-c3ccnnc3)nc(Nc3cccc(OC(F)F)c3)c2c1. The fourth-order valence-corrected chi connectivity index (χ4v) is 2.93. The second-order valence-electron chi connectivity index (χ2n) is 6.65. The lowest BCUT2D eigenvalue weighted by Crippen LogP contribution is -2.09. The molecule has 0 aliphatic heterocycles. The van der Waals surface area contributed by atoms with E-state index in [4.69, 9.17) is 0 Å². The zero-order chi connectivity index (χ0) is 21.1. The van der Waals surface area contributed by atoms with E-state index in [0.717, 1.165) is 16.6 Å². The van der Waals surface area contributed by atoms with Crippen LogP contribution in [-0.4, -0.2) is 40.9 Å². The number of benzene rings is 2. The minimum Gasteiger partial charge on any atom is -0.435 e. The van der Waals surface area contributed by atoms with Gasteiger partial charge in [0.1, 0.15) is 11.6 Å². The van der Waals surface area contributed by atoms with Crippen LogP contribution in [0.15, 0.2) is 60.9 Å². The third kappa shape index (κ3) is 4.24. The molecule has 0 saturated carbocycles. The van der Waals surface area contributed by atoms with Crippen molar-refractivity contribution in [2.75, 3.05) is 24.3 Å². The van der Waals surface area contributed by atoms with Crippen molar-refractivity contribution in [1.29, 1.82) is 0 Å². The molecule has 2 aromatic heterocycles. The molecule has 0 aliphatic rings. The zero-order valence-corrected chi connectivity index (χ0v) is 16.3. The minimum atomic E-state index is -2.89. The first-order chi connectivity index (χ1) is 14.5. The van der Waals surface area contributed by atoms with Crippen LogP contribution in [0.5, 0.6) is 5.75 Å².